The Bertz CT molecular complexity index is 1050. The first-order valence-corrected chi connectivity index (χ1v) is 8.61. The average molecular weight is 420 g/mol. The highest BCUT2D eigenvalue weighted by Gasteiger charge is 2.24. The Kier molecular flexibility index (Phi) is 5.68. The lowest BCUT2D eigenvalue weighted by molar-refractivity contribution is -0.384. The normalized spacial score (nSPS) is 12.8. The van der Waals surface area contributed by atoms with Crippen molar-refractivity contribution in [3.05, 3.63) is 61.6 Å². The summed E-state index contributed by atoms with van der Waals surface area (Å²) in [7, 11) is 0. The van der Waals surface area contributed by atoms with Gasteiger partial charge in [0.05, 0.1) is 21.0 Å². The molecule has 2 aromatic rings. The van der Waals surface area contributed by atoms with E-state index in [0.717, 1.165) is 0 Å². The van der Waals surface area contributed by atoms with E-state index in [-0.39, 0.29) is 46.7 Å². The van der Waals surface area contributed by atoms with Crippen molar-refractivity contribution in [1.82, 2.24) is 0 Å². The lowest BCUT2D eigenvalue weighted by Crippen LogP contribution is -2.18. The number of halogens is 2. The van der Waals surface area contributed by atoms with E-state index in [9.17, 15) is 20.2 Å². The number of hydrogen-bond acceptors (Lipinski definition) is 6. The number of nitro groups is 1. The number of carbonyl (C=O) groups is 1. The van der Waals surface area contributed by atoms with Crippen molar-refractivity contribution in [2.45, 2.75) is 0 Å². The highest BCUT2D eigenvalue weighted by molar-refractivity contribution is 6.42. The molecule has 1 N–H and O–H groups in total. The maximum absolute atomic E-state index is 12.5. The third kappa shape index (κ3) is 4.17. The predicted octanol–water partition coefficient (Wildman–Crippen LogP) is 4.22. The Morgan fingerprint density at radius 2 is 1.86 bits per heavy atom. The summed E-state index contributed by atoms with van der Waals surface area (Å²) in [6.07, 6.45) is 1.29. The zero-order valence-electron chi connectivity index (χ0n) is 14.1. The topological polar surface area (TPSA) is 114 Å². The molecule has 0 aromatic heterocycles. The number of fused-ring (bicyclic) bond motifs is 1. The third-order valence-electron chi connectivity index (χ3n) is 3.73. The lowest BCUT2D eigenvalue weighted by Gasteiger charge is -2.19. The van der Waals surface area contributed by atoms with Crippen molar-refractivity contribution in [2.24, 2.45) is 0 Å². The lowest BCUT2D eigenvalue weighted by atomic mass is 10.1. The van der Waals surface area contributed by atoms with Crippen LogP contribution >= 0.6 is 23.2 Å². The van der Waals surface area contributed by atoms with Gasteiger partial charge in [-0.05, 0) is 23.8 Å². The molecule has 142 valence electrons. The standard InChI is InChI=1S/C18H11Cl2N3O5/c19-12-2-1-10(6-13(12)20)5-11(9-21)18(24)22-14-7-16-17(28-4-3-27-16)8-15(14)23(25)26/h1-2,5-8H,3-4H2,(H,22,24)/b11-5+. The van der Waals surface area contributed by atoms with Crippen LogP contribution in [-0.2, 0) is 4.79 Å². The van der Waals surface area contributed by atoms with Crippen LogP contribution in [0.15, 0.2) is 35.9 Å². The second-order valence-corrected chi connectivity index (χ2v) is 6.38. The molecule has 0 fully saturated rings. The van der Waals surface area contributed by atoms with Crippen molar-refractivity contribution < 1.29 is 19.2 Å². The molecule has 1 heterocycles. The minimum absolute atomic E-state index is 0.116. The summed E-state index contributed by atoms with van der Waals surface area (Å²) in [6, 6.07) is 8.80. The fourth-order valence-corrected chi connectivity index (χ4v) is 2.74. The quantitative estimate of drug-likeness (QED) is 0.343. The van der Waals surface area contributed by atoms with Crippen molar-refractivity contribution in [3.63, 3.8) is 0 Å². The Balaban J connectivity index is 1.92. The second-order valence-electron chi connectivity index (χ2n) is 5.57. The number of anilines is 1. The first kappa shape index (κ1) is 19.5. The number of hydrogen-bond donors (Lipinski definition) is 1. The van der Waals surface area contributed by atoms with Crippen molar-refractivity contribution in [2.75, 3.05) is 18.5 Å². The summed E-state index contributed by atoms with van der Waals surface area (Å²) in [5.74, 6) is -0.352. The summed E-state index contributed by atoms with van der Waals surface area (Å²) < 4.78 is 10.7. The van der Waals surface area contributed by atoms with E-state index < -0.39 is 10.8 Å². The molecule has 0 saturated carbocycles. The maximum Gasteiger partial charge on any atom is 0.296 e. The van der Waals surface area contributed by atoms with Crippen LogP contribution in [0.4, 0.5) is 11.4 Å². The molecular weight excluding hydrogens is 409 g/mol. The van der Waals surface area contributed by atoms with Gasteiger partial charge in [0.25, 0.3) is 11.6 Å². The number of amides is 1. The number of nitrogens with one attached hydrogen (secondary N) is 1. The SMILES string of the molecule is N#C/C(=C\c1ccc(Cl)c(Cl)c1)C(=O)Nc1cc2c(cc1[N+](=O)[O-])OCCO2. The van der Waals surface area contributed by atoms with Crippen LogP contribution in [0.5, 0.6) is 11.5 Å². The van der Waals surface area contributed by atoms with Crippen molar-refractivity contribution in [3.8, 4) is 17.6 Å². The highest BCUT2D eigenvalue weighted by Crippen LogP contribution is 2.39. The van der Waals surface area contributed by atoms with Gasteiger partial charge in [0.1, 0.15) is 30.5 Å². The van der Waals surface area contributed by atoms with Crippen molar-refractivity contribution >= 4 is 46.6 Å². The Morgan fingerprint density at radius 3 is 2.46 bits per heavy atom. The highest BCUT2D eigenvalue weighted by atomic mass is 35.5. The molecule has 0 bridgehead atoms. The van der Waals surface area contributed by atoms with E-state index in [4.69, 9.17) is 32.7 Å². The number of nitro benzene ring substituents is 1. The average Bonchev–Trinajstić information content (AvgIpc) is 2.68. The number of nitrogens with zero attached hydrogens (tertiary/aromatic N) is 2. The first-order chi connectivity index (χ1) is 13.4. The molecule has 0 unspecified atom stereocenters. The molecule has 1 amide bonds. The monoisotopic (exact) mass is 419 g/mol. The third-order valence-corrected chi connectivity index (χ3v) is 4.46. The summed E-state index contributed by atoms with van der Waals surface area (Å²) in [4.78, 5) is 23.2. The molecule has 3 rings (SSSR count). The molecule has 0 radical (unpaired) electrons. The summed E-state index contributed by atoms with van der Waals surface area (Å²) in [5.41, 5.74) is -0.306. The number of benzene rings is 2. The maximum atomic E-state index is 12.5. The van der Waals surface area contributed by atoms with E-state index in [1.165, 1.54) is 30.3 Å². The van der Waals surface area contributed by atoms with E-state index in [2.05, 4.69) is 5.32 Å². The second kappa shape index (κ2) is 8.17. The number of carbonyl (C=O) groups excluding carboxylic acids is 1. The van der Waals surface area contributed by atoms with Gasteiger partial charge in [-0.15, -0.1) is 0 Å². The summed E-state index contributed by atoms with van der Waals surface area (Å²) in [6.45, 7) is 0.541. The molecule has 1 aliphatic heterocycles. The van der Waals surface area contributed by atoms with Gasteiger partial charge in [-0.1, -0.05) is 29.3 Å². The molecule has 28 heavy (non-hydrogen) atoms. The van der Waals surface area contributed by atoms with E-state index >= 15 is 0 Å². The van der Waals surface area contributed by atoms with Crippen LogP contribution < -0.4 is 14.8 Å². The summed E-state index contributed by atoms with van der Waals surface area (Å²) in [5, 5.41) is 23.6. The molecule has 8 nitrogen and oxygen atoms in total. The van der Waals surface area contributed by atoms with Gasteiger partial charge in [0, 0.05) is 6.07 Å². The molecule has 0 saturated heterocycles. The van der Waals surface area contributed by atoms with Gasteiger partial charge in [-0.25, -0.2) is 0 Å². The molecule has 0 atom stereocenters. The Labute approximate surface area is 169 Å². The minimum atomic E-state index is -0.826. The Morgan fingerprint density at radius 1 is 1.18 bits per heavy atom. The van der Waals surface area contributed by atoms with E-state index in [1.54, 1.807) is 12.1 Å². The fourth-order valence-electron chi connectivity index (χ4n) is 2.44. The smallest absolute Gasteiger partial charge is 0.296 e. The summed E-state index contributed by atoms with van der Waals surface area (Å²) >= 11 is 11.8. The van der Waals surface area contributed by atoms with Crippen LogP contribution in [-0.4, -0.2) is 24.0 Å². The van der Waals surface area contributed by atoms with Gasteiger partial charge in [0.15, 0.2) is 11.5 Å². The van der Waals surface area contributed by atoms with Crippen LogP contribution in [0, 0.1) is 21.4 Å². The number of nitriles is 1. The molecule has 10 heteroatoms. The zero-order valence-corrected chi connectivity index (χ0v) is 15.6. The predicted molar refractivity (Wildman–Crippen MR) is 103 cm³/mol. The molecule has 0 aliphatic carbocycles. The fraction of sp³-hybridized carbons (Fsp3) is 0.111. The van der Waals surface area contributed by atoms with Crippen LogP contribution in [0.2, 0.25) is 10.0 Å². The largest absolute Gasteiger partial charge is 0.486 e. The van der Waals surface area contributed by atoms with Gasteiger partial charge >= 0.3 is 0 Å². The van der Waals surface area contributed by atoms with E-state index in [0.29, 0.717) is 10.6 Å². The molecule has 1 aliphatic rings. The van der Waals surface area contributed by atoms with E-state index in [1.807, 2.05) is 0 Å². The van der Waals surface area contributed by atoms with Gasteiger partial charge in [-0.3, -0.25) is 14.9 Å². The molecular formula is C18H11Cl2N3O5. The van der Waals surface area contributed by atoms with Gasteiger partial charge < -0.3 is 14.8 Å². The van der Waals surface area contributed by atoms with Crippen LogP contribution in [0.3, 0.4) is 0 Å². The zero-order chi connectivity index (χ0) is 20.3. The van der Waals surface area contributed by atoms with Gasteiger partial charge in [-0.2, -0.15) is 5.26 Å². The Hall–Kier alpha value is -3.28. The first-order valence-electron chi connectivity index (χ1n) is 7.85. The van der Waals surface area contributed by atoms with Crippen LogP contribution in [0.25, 0.3) is 6.08 Å². The number of ether oxygens (including phenoxy) is 2. The van der Waals surface area contributed by atoms with Crippen LogP contribution in [0.1, 0.15) is 5.56 Å². The molecule has 2 aromatic carbocycles. The van der Waals surface area contributed by atoms with Gasteiger partial charge in [0.2, 0.25) is 0 Å². The minimum Gasteiger partial charge on any atom is -0.486 e. The number of rotatable bonds is 4. The van der Waals surface area contributed by atoms with Crippen molar-refractivity contribution in [1.29, 1.82) is 5.26 Å². The molecule has 0 spiro atoms.